The van der Waals surface area contributed by atoms with Gasteiger partial charge in [-0.2, -0.15) is 0 Å². The van der Waals surface area contributed by atoms with Gasteiger partial charge in [-0.1, -0.05) is 67.6 Å². The third kappa shape index (κ3) is 8.92. The molecule has 1 aliphatic rings. The summed E-state index contributed by atoms with van der Waals surface area (Å²) >= 11 is 0. The van der Waals surface area contributed by atoms with Gasteiger partial charge in [-0.05, 0) is 105 Å². The molecule has 0 aliphatic carbocycles. The van der Waals surface area contributed by atoms with Gasteiger partial charge in [0.2, 0.25) is 23.6 Å². The Kier molecular flexibility index (Phi) is 11.8. The van der Waals surface area contributed by atoms with Crippen LogP contribution in [0.3, 0.4) is 0 Å². The third-order valence-electron chi connectivity index (χ3n) is 9.81. The fourth-order valence-electron chi connectivity index (χ4n) is 6.81. The van der Waals surface area contributed by atoms with Crippen molar-refractivity contribution < 1.29 is 23.6 Å². The molecule has 53 heavy (non-hydrogen) atoms. The van der Waals surface area contributed by atoms with E-state index in [0.29, 0.717) is 42.4 Å². The highest BCUT2D eigenvalue weighted by Crippen LogP contribution is 2.31. The van der Waals surface area contributed by atoms with Crippen LogP contribution in [0, 0.1) is 0 Å². The van der Waals surface area contributed by atoms with Crippen LogP contribution in [0.25, 0.3) is 22.6 Å². The number of rotatable bonds is 13. The maximum atomic E-state index is 13.3. The minimum Gasteiger partial charge on any atom is -0.456 e. The summed E-state index contributed by atoms with van der Waals surface area (Å²) < 4.78 is 6.18. The van der Waals surface area contributed by atoms with Crippen LogP contribution < -0.4 is 10.6 Å². The van der Waals surface area contributed by atoms with E-state index in [4.69, 9.17) is 4.42 Å². The molecule has 0 spiro atoms. The van der Waals surface area contributed by atoms with Gasteiger partial charge < -0.3 is 24.9 Å². The average Bonchev–Trinajstić information content (AvgIpc) is 3.89. The Bertz CT molecular complexity index is 2010. The molecule has 4 amide bonds. The van der Waals surface area contributed by atoms with Crippen LogP contribution in [-0.4, -0.2) is 59.1 Å². The largest absolute Gasteiger partial charge is 0.456 e. The van der Waals surface area contributed by atoms with Crippen molar-refractivity contribution in [2.75, 3.05) is 30.3 Å². The zero-order chi connectivity index (χ0) is 37.3. The maximum absolute atomic E-state index is 13.3. The van der Waals surface area contributed by atoms with E-state index in [9.17, 15) is 19.2 Å². The predicted octanol–water partition coefficient (Wildman–Crippen LogP) is 8.33. The minimum absolute atomic E-state index is 0.0255. The van der Waals surface area contributed by atoms with Crippen molar-refractivity contribution in [2.24, 2.45) is 0 Å². The quantitative estimate of drug-likeness (QED) is 0.128. The first kappa shape index (κ1) is 36.8. The fraction of sp³-hybridized carbons (Fsp3) is 0.273. The zero-order valence-electron chi connectivity index (χ0n) is 30.5. The molecule has 2 N–H and O–H groups in total. The summed E-state index contributed by atoms with van der Waals surface area (Å²) in [5.41, 5.74) is 4.82. The second-order valence-corrected chi connectivity index (χ2v) is 13.6. The van der Waals surface area contributed by atoms with E-state index in [-0.39, 0.29) is 42.0 Å². The lowest BCUT2D eigenvalue weighted by Crippen LogP contribution is -2.44. The lowest BCUT2D eigenvalue weighted by atomic mass is 9.99. The number of furan rings is 1. The average molecular weight is 711 g/mol. The number of hydrogen-bond acceptors (Lipinski definition) is 5. The normalized spacial score (nSPS) is 15.0. The van der Waals surface area contributed by atoms with Crippen LogP contribution in [0.15, 0.2) is 126 Å². The van der Waals surface area contributed by atoms with E-state index in [1.54, 1.807) is 9.80 Å². The maximum Gasteiger partial charge on any atom is 0.247 e. The summed E-state index contributed by atoms with van der Waals surface area (Å²) in [4.78, 5) is 56.2. The van der Waals surface area contributed by atoms with E-state index >= 15 is 0 Å². The molecule has 4 aromatic carbocycles. The van der Waals surface area contributed by atoms with Gasteiger partial charge in [-0.25, -0.2) is 0 Å². The Morgan fingerprint density at radius 2 is 1.25 bits per heavy atom. The third-order valence-corrected chi connectivity index (χ3v) is 9.81. The molecule has 0 saturated carbocycles. The summed E-state index contributed by atoms with van der Waals surface area (Å²) in [6, 6.07) is 37.3. The van der Waals surface area contributed by atoms with E-state index in [2.05, 4.69) is 10.6 Å². The SMILES string of the molecule is CCCN(CC(=O)Nc1ccc(-c2ccc(-c3ccc(NC(=O)[C@@H]4CCCN4C(=O)[C@H](C)c4ccccc4)cc3)o2)cc1)C(=O)[C@H](C)c1ccccc1. The second kappa shape index (κ2) is 17.0. The lowest BCUT2D eigenvalue weighted by Gasteiger charge is -2.27. The summed E-state index contributed by atoms with van der Waals surface area (Å²) in [7, 11) is 0. The first-order valence-electron chi connectivity index (χ1n) is 18.3. The number of likely N-dealkylation sites (tertiary alicyclic amines) is 1. The summed E-state index contributed by atoms with van der Waals surface area (Å²) in [5.74, 6) is 0.124. The topological polar surface area (TPSA) is 112 Å². The van der Waals surface area contributed by atoms with Crippen LogP contribution >= 0.6 is 0 Å². The molecule has 272 valence electrons. The first-order chi connectivity index (χ1) is 25.7. The van der Waals surface area contributed by atoms with E-state index < -0.39 is 6.04 Å². The van der Waals surface area contributed by atoms with Crippen LogP contribution in [0.2, 0.25) is 0 Å². The van der Waals surface area contributed by atoms with Crippen molar-refractivity contribution in [1.82, 2.24) is 9.80 Å². The van der Waals surface area contributed by atoms with Crippen LogP contribution in [-0.2, 0) is 19.2 Å². The first-order valence-corrected chi connectivity index (χ1v) is 18.3. The van der Waals surface area contributed by atoms with Gasteiger partial charge in [-0.3, -0.25) is 19.2 Å². The Balaban J connectivity index is 1.03. The van der Waals surface area contributed by atoms with Crippen LogP contribution in [0.4, 0.5) is 11.4 Å². The number of carbonyl (C=O) groups is 4. The molecule has 1 aromatic heterocycles. The lowest BCUT2D eigenvalue weighted by molar-refractivity contribution is -0.137. The van der Waals surface area contributed by atoms with Crippen molar-refractivity contribution >= 4 is 35.0 Å². The van der Waals surface area contributed by atoms with Gasteiger partial charge in [0.05, 0.1) is 18.4 Å². The van der Waals surface area contributed by atoms with Crippen molar-refractivity contribution in [3.63, 3.8) is 0 Å². The van der Waals surface area contributed by atoms with Gasteiger partial charge >= 0.3 is 0 Å². The molecule has 1 saturated heterocycles. The van der Waals surface area contributed by atoms with E-state index in [1.807, 2.05) is 142 Å². The Morgan fingerprint density at radius 1 is 0.717 bits per heavy atom. The number of hydrogen-bond donors (Lipinski definition) is 2. The van der Waals surface area contributed by atoms with E-state index in [0.717, 1.165) is 35.1 Å². The number of amides is 4. The highest BCUT2D eigenvalue weighted by atomic mass is 16.3. The number of nitrogens with one attached hydrogen (secondary N) is 2. The van der Waals surface area contributed by atoms with Gasteiger partial charge in [0.25, 0.3) is 0 Å². The molecular weight excluding hydrogens is 665 g/mol. The van der Waals surface area contributed by atoms with Gasteiger partial charge in [0.1, 0.15) is 17.6 Å². The van der Waals surface area contributed by atoms with Crippen molar-refractivity contribution in [3.8, 4) is 22.6 Å². The van der Waals surface area contributed by atoms with Crippen LogP contribution in [0.1, 0.15) is 63.0 Å². The molecule has 5 aromatic rings. The molecule has 0 radical (unpaired) electrons. The highest BCUT2D eigenvalue weighted by Gasteiger charge is 2.36. The Morgan fingerprint density at radius 3 is 1.79 bits per heavy atom. The van der Waals surface area contributed by atoms with Gasteiger partial charge in [0.15, 0.2) is 0 Å². The number of anilines is 2. The van der Waals surface area contributed by atoms with Gasteiger partial charge in [-0.15, -0.1) is 0 Å². The van der Waals surface area contributed by atoms with Crippen molar-refractivity contribution in [3.05, 3.63) is 132 Å². The summed E-state index contributed by atoms with van der Waals surface area (Å²) in [6.45, 7) is 6.79. The minimum atomic E-state index is -0.505. The van der Waals surface area contributed by atoms with Crippen molar-refractivity contribution in [1.29, 1.82) is 0 Å². The molecule has 9 heteroatoms. The molecule has 6 rings (SSSR count). The molecule has 3 atom stereocenters. The summed E-state index contributed by atoms with van der Waals surface area (Å²) in [6.07, 6.45) is 2.17. The standard InChI is InChI=1S/C44H46N4O5/c1-4-27-47(43(51)30(2)32-12-7-5-8-13-32)29-41(49)45-36-21-17-34(18-22-36)39-25-26-40(53-39)35-19-23-37(24-20-35)46-42(50)38-16-11-28-48(38)44(52)31(3)33-14-9-6-10-15-33/h5-10,12-15,17-26,30-31,38H,4,11,16,27-29H2,1-3H3,(H,45,49)(H,46,50)/t30-,31-,38+/m1/s1. The number of nitrogens with zero attached hydrogens (tertiary/aromatic N) is 2. The smallest absolute Gasteiger partial charge is 0.247 e. The Labute approximate surface area is 311 Å². The molecule has 1 fully saturated rings. The molecular formula is C44H46N4O5. The number of carbonyl (C=O) groups excluding carboxylic acids is 4. The second-order valence-electron chi connectivity index (χ2n) is 13.6. The highest BCUT2D eigenvalue weighted by molar-refractivity contribution is 5.98. The molecule has 2 heterocycles. The fourth-order valence-corrected chi connectivity index (χ4v) is 6.81. The molecule has 1 aliphatic heterocycles. The number of benzene rings is 4. The van der Waals surface area contributed by atoms with E-state index in [1.165, 1.54) is 0 Å². The van der Waals surface area contributed by atoms with Crippen molar-refractivity contribution in [2.45, 2.75) is 57.9 Å². The zero-order valence-corrected chi connectivity index (χ0v) is 30.5. The van der Waals surface area contributed by atoms with Crippen LogP contribution in [0.5, 0.6) is 0 Å². The molecule has 0 unspecified atom stereocenters. The molecule has 0 bridgehead atoms. The Hall–Kier alpha value is -5.96. The monoisotopic (exact) mass is 710 g/mol. The molecule has 9 nitrogen and oxygen atoms in total. The summed E-state index contributed by atoms with van der Waals surface area (Å²) in [5, 5.41) is 5.91. The predicted molar refractivity (Wildman–Crippen MR) is 208 cm³/mol. The van der Waals surface area contributed by atoms with Gasteiger partial charge in [0, 0.05) is 35.6 Å².